The Morgan fingerprint density at radius 3 is 2.81 bits per heavy atom. The van der Waals surface area contributed by atoms with Crippen LogP contribution in [-0.4, -0.2) is 31.7 Å². The van der Waals surface area contributed by atoms with Gasteiger partial charge in [0.15, 0.2) is 0 Å². The molecule has 0 radical (unpaired) electrons. The number of carbonyl (C=O) groups is 1. The first-order valence-electron chi connectivity index (χ1n) is 7.82. The van der Waals surface area contributed by atoms with Crippen molar-refractivity contribution in [1.82, 2.24) is 10.6 Å². The maximum atomic E-state index is 12.4. The molecule has 1 fully saturated rings. The van der Waals surface area contributed by atoms with E-state index in [-0.39, 0.29) is 17.4 Å². The minimum atomic E-state index is -0.108. The average molecular weight is 288 g/mol. The molecule has 4 nitrogen and oxygen atoms in total. The van der Waals surface area contributed by atoms with Crippen LogP contribution >= 0.6 is 0 Å². The molecule has 1 amide bonds. The van der Waals surface area contributed by atoms with E-state index in [0.717, 1.165) is 45.6 Å². The Morgan fingerprint density at radius 2 is 2.05 bits per heavy atom. The predicted octanol–water partition coefficient (Wildman–Crippen LogP) is 1.63. The van der Waals surface area contributed by atoms with Crippen LogP contribution in [0.5, 0.6) is 0 Å². The van der Waals surface area contributed by atoms with Crippen LogP contribution in [0, 0.1) is 5.41 Å². The molecule has 2 N–H and O–H groups in total. The van der Waals surface area contributed by atoms with Gasteiger partial charge in [0.05, 0.1) is 6.04 Å². The van der Waals surface area contributed by atoms with Gasteiger partial charge >= 0.3 is 0 Å². The zero-order chi connectivity index (χ0) is 14.7. The molecule has 2 aliphatic rings. The molecule has 0 aromatic heterocycles. The van der Waals surface area contributed by atoms with Crippen molar-refractivity contribution < 1.29 is 9.53 Å². The zero-order valence-electron chi connectivity index (χ0n) is 12.7. The maximum absolute atomic E-state index is 12.4. The molecule has 0 bridgehead atoms. The van der Waals surface area contributed by atoms with Crippen LogP contribution in [0.2, 0.25) is 0 Å². The first-order chi connectivity index (χ1) is 10.2. The second-order valence-electron chi connectivity index (χ2n) is 6.55. The van der Waals surface area contributed by atoms with Gasteiger partial charge in [0.2, 0.25) is 5.91 Å². The number of hydrogen-bond acceptors (Lipinski definition) is 3. The molecule has 1 saturated heterocycles. The molecule has 2 aliphatic heterocycles. The Balaban J connectivity index is 1.55. The van der Waals surface area contributed by atoms with Gasteiger partial charge in [-0.1, -0.05) is 31.2 Å². The normalized spacial score (nSPS) is 24.1. The lowest BCUT2D eigenvalue weighted by molar-refractivity contribution is -0.124. The number of benzene rings is 1. The highest BCUT2D eigenvalue weighted by Gasteiger charge is 2.30. The highest BCUT2D eigenvalue weighted by Crippen LogP contribution is 2.28. The average Bonchev–Trinajstić information content (AvgIpc) is 2.53. The lowest BCUT2D eigenvalue weighted by Gasteiger charge is -2.34. The summed E-state index contributed by atoms with van der Waals surface area (Å²) < 4.78 is 5.40. The lowest BCUT2D eigenvalue weighted by atomic mass is 9.82. The number of amides is 1. The van der Waals surface area contributed by atoms with E-state index in [4.69, 9.17) is 4.74 Å². The number of rotatable bonds is 3. The minimum Gasteiger partial charge on any atom is -0.381 e. The monoisotopic (exact) mass is 288 g/mol. The van der Waals surface area contributed by atoms with Crippen molar-refractivity contribution in [2.45, 2.75) is 38.8 Å². The molecule has 0 unspecified atom stereocenters. The molecule has 1 atom stereocenters. The van der Waals surface area contributed by atoms with E-state index in [0.29, 0.717) is 0 Å². The van der Waals surface area contributed by atoms with E-state index in [1.54, 1.807) is 0 Å². The second-order valence-corrected chi connectivity index (χ2v) is 6.55. The first-order valence-corrected chi connectivity index (χ1v) is 7.82. The number of fused-ring (bicyclic) bond motifs is 1. The molecule has 114 valence electrons. The minimum absolute atomic E-state index is 0.108. The van der Waals surface area contributed by atoms with Crippen molar-refractivity contribution in [3.8, 4) is 0 Å². The molecule has 21 heavy (non-hydrogen) atoms. The van der Waals surface area contributed by atoms with Crippen LogP contribution in [-0.2, 0) is 22.5 Å². The third-order valence-corrected chi connectivity index (χ3v) is 4.79. The van der Waals surface area contributed by atoms with Gasteiger partial charge in [-0.15, -0.1) is 0 Å². The Bertz CT molecular complexity index is 509. The third kappa shape index (κ3) is 3.44. The topological polar surface area (TPSA) is 50.4 Å². The van der Waals surface area contributed by atoms with Crippen LogP contribution < -0.4 is 10.6 Å². The standard InChI is InChI=1S/C17H24N2O2/c1-17(6-8-21-9-7-17)12-19-16(20)15-10-13-4-2-3-5-14(13)11-18-15/h2-5,15,18H,6-12H2,1H3,(H,19,20)/t15-/m1/s1. The van der Waals surface area contributed by atoms with Gasteiger partial charge in [-0.2, -0.15) is 0 Å². The Morgan fingerprint density at radius 1 is 1.33 bits per heavy atom. The van der Waals surface area contributed by atoms with Crippen LogP contribution in [0.15, 0.2) is 24.3 Å². The van der Waals surface area contributed by atoms with E-state index in [1.165, 1.54) is 11.1 Å². The van der Waals surface area contributed by atoms with Crippen molar-refractivity contribution in [2.75, 3.05) is 19.8 Å². The summed E-state index contributed by atoms with van der Waals surface area (Å²) in [7, 11) is 0. The van der Waals surface area contributed by atoms with Gasteiger partial charge in [0, 0.05) is 26.3 Å². The van der Waals surface area contributed by atoms with Gasteiger partial charge in [-0.25, -0.2) is 0 Å². The van der Waals surface area contributed by atoms with Gasteiger partial charge in [0.25, 0.3) is 0 Å². The third-order valence-electron chi connectivity index (χ3n) is 4.79. The number of hydrogen-bond donors (Lipinski definition) is 2. The maximum Gasteiger partial charge on any atom is 0.237 e. The van der Waals surface area contributed by atoms with E-state index in [9.17, 15) is 4.79 Å². The summed E-state index contributed by atoms with van der Waals surface area (Å²) >= 11 is 0. The van der Waals surface area contributed by atoms with E-state index in [2.05, 4.69) is 29.7 Å². The van der Waals surface area contributed by atoms with Gasteiger partial charge < -0.3 is 15.4 Å². The van der Waals surface area contributed by atoms with E-state index in [1.807, 2.05) is 12.1 Å². The summed E-state index contributed by atoms with van der Waals surface area (Å²) in [5, 5.41) is 6.47. The highest BCUT2D eigenvalue weighted by atomic mass is 16.5. The molecule has 2 heterocycles. The molecule has 0 saturated carbocycles. The molecule has 1 aromatic rings. The van der Waals surface area contributed by atoms with Crippen LogP contribution in [0.3, 0.4) is 0 Å². The summed E-state index contributed by atoms with van der Waals surface area (Å²) in [6.45, 7) is 5.37. The largest absolute Gasteiger partial charge is 0.381 e. The Kier molecular flexibility index (Phi) is 4.27. The number of ether oxygens (including phenoxy) is 1. The quantitative estimate of drug-likeness (QED) is 0.889. The highest BCUT2D eigenvalue weighted by molar-refractivity contribution is 5.82. The van der Waals surface area contributed by atoms with Crippen molar-refractivity contribution in [3.63, 3.8) is 0 Å². The van der Waals surface area contributed by atoms with E-state index < -0.39 is 0 Å². The summed E-state index contributed by atoms with van der Waals surface area (Å²) in [6, 6.07) is 8.23. The molecular formula is C17H24N2O2. The smallest absolute Gasteiger partial charge is 0.237 e. The van der Waals surface area contributed by atoms with Crippen LogP contribution in [0.1, 0.15) is 30.9 Å². The molecule has 0 spiro atoms. The van der Waals surface area contributed by atoms with Gasteiger partial charge in [-0.05, 0) is 35.8 Å². The van der Waals surface area contributed by atoms with Crippen molar-refractivity contribution >= 4 is 5.91 Å². The zero-order valence-corrected chi connectivity index (χ0v) is 12.7. The van der Waals surface area contributed by atoms with Gasteiger partial charge in [-0.3, -0.25) is 4.79 Å². The first kappa shape index (κ1) is 14.5. The van der Waals surface area contributed by atoms with Crippen LogP contribution in [0.4, 0.5) is 0 Å². The lowest BCUT2D eigenvalue weighted by Crippen LogP contribution is -2.50. The summed E-state index contributed by atoms with van der Waals surface area (Å²) in [6.07, 6.45) is 2.82. The van der Waals surface area contributed by atoms with Crippen molar-refractivity contribution in [1.29, 1.82) is 0 Å². The van der Waals surface area contributed by atoms with E-state index >= 15 is 0 Å². The van der Waals surface area contributed by atoms with Crippen molar-refractivity contribution in [3.05, 3.63) is 35.4 Å². The fourth-order valence-electron chi connectivity index (χ4n) is 3.10. The number of carbonyl (C=O) groups excluding carboxylic acids is 1. The molecule has 4 heteroatoms. The predicted molar refractivity (Wildman–Crippen MR) is 81.9 cm³/mol. The fourth-order valence-corrected chi connectivity index (χ4v) is 3.10. The molecule has 3 rings (SSSR count). The Labute approximate surface area is 126 Å². The molecular weight excluding hydrogens is 264 g/mol. The molecule has 0 aliphatic carbocycles. The van der Waals surface area contributed by atoms with Crippen LogP contribution in [0.25, 0.3) is 0 Å². The molecule has 1 aromatic carbocycles. The SMILES string of the molecule is CC1(CNC(=O)[C@H]2Cc3ccccc3CN2)CCOCC1. The Hall–Kier alpha value is -1.39. The summed E-state index contributed by atoms with van der Waals surface area (Å²) in [5.41, 5.74) is 2.77. The number of nitrogens with one attached hydrogen (secondary N) is 2. The summed E-state index contributed by atoms with van der Waals surface area (Å²) in [4.78, 5) is 12.4. The van der Waals surface area contributed by atoms with Gasteiger partial charge in [0.1, 0.15) is 0 Å². The fraction of sp³-hybridized carbons (Fsp3) is 0.588. The second kappa shape index (κ2) is 6.16. The summed E-state index contributed by atoms with van der Waals surface area (Å²) in [5.74, 6) is 0.122. The van der Waals surface area contributed by atoms with Crippen molar-refractivity contribution in [2.24, 2.45) is 5.41 Å².